The summed E-state index contributed by atoms with van der Waals surface area (Å²) in [5.41, 5.74) is 0.570. The normalized spacial score (nSPS) is 24.9. The number of sulfonamides is 1. The van der Waals surface area contributed by atoms with Gasteiger partial charge in [0.25, 0.3) is 5.91 Å². The molecule has 1 saturated heterocycles. The van der Waals surface area contributed by atoms with Crippen LogP contribution in [0.5, 0.6) is 5.75 Å². The SMILES string of the molecule is CS(=O)(=O)N[C@H]1CCC(F)(F)C[C@H]1COc1ccc(C(=O)N2CCCCC2)cc1. The lowest BCUT2D eigenvalue weighted by Gasteiger charge is -2.35. The van der Waals surface area contributed by atoms with Crippen molar-refractivity contribution in [2.45, 2.75) is 50.5 Å². The van der Waals surface area contributed by atoms with Gasteiger partial charge in [-0.25, -0.2) is 21.9 Å². The predicted molar refractivity (Wildman–Crippen MR) is 106 cm³/mol. The molecule has 1 amide bonds. The van der Waals surface area contributed by atoms with Crippen LogP contribution < -0.4 is 9.46 Å². The summed E-state index contributed by atoms with van der Waals surface area (Å²) >= 11 is 0. The number of halogens is 2. The quantitative estimate of drug-likeness (QED) is 0.753. The van der Waals surface area contributed by atoms with Gasteiger partial charge in [0.1, 0.15) is 5.75 Å². The first kappa shape index (κ1) is 22.0. The van der Waals surface area contributed by atoms with Crippen LogP contribution in [0.15, 0.2) is 24.3 Å². The number of ether oxygens (including phenoxy) is 1. The van der Waals surface area contributed by atoms with E-state index in [0.29, 0.717) is 11.3 Å². The van der Waals surface area contributed by atoms with E-state index < -0.39 is 34.3 Å². The summed E-state index contributed by atoms with van der Waals surface area (Å²) in [5, 5.41) is 0. The van der Waals surface area contributed by atoms with Crippen LogP contribution in [0.3, 0.4) is 0 Å². The molecule has 2 aliphatic rings. The summed E-state index contributed by atoms with van der Waals surface area (Å²) in [6, 6.07) is 6.07. The molecule has 1 aromatic carbocycles. The Morgan fingerprint density at radius 1 is 1.21 bits per heavy atom. The maximum atomic E-state index is 13.8. The van der Waals surface area contributed by atoms with Gasteiger partial charge in [0.15, 0.2) is 0 Å². The molecule has 1 aliphatic carbocycles. The zero-order valence-corrected chi connectivity index (χ0v) is 17.4. The second kappa shape index (κ2) is 8.95. The fourth-order valence-electron chi connectivity index (χ4n) is 4.01. The minimum absolute atomic E-state index is 0.0133. The molecule has 0 bridgehead atoms. The molecule has 2 fully saturated rings. The number of benzene rings is 1. The van der Waals surface area contributed by atoms with E-state index >= 15 is 0 Å². The standard InChI is InChI=1S/C20H28F2N2O4S/c1-29(26,27)23-18-9-10-20(21,22)13-16(18)14-28-17-7-5-15(6-8-17)19(25)24-11-3-2-4-12-24/h5-8,16,18,23H,2-4,9-14H2,1H3/t16-,18-/m0/s1. The molecule has 2 atom stereocenters. The van der Waals surface area contributed by atoms with Crippen molar-refractivity contribution in [1.29, 1.82) is 0 Å². The molecule has 1 heterocycles. The van der Waals surface area contributed by atoms with Crippen LogP contribution in [0.2, 0.25) is 0 Å². The lowest BCUT2D eigenvalue weighted by molar-refractivity contribution is -0.0660. The van der Waals surface area contributed by atoms with Crippen molar-refractivity contribution in [3.8, 4) is 5.75 Å². The summed E-state index contributed by atoms with van der Waals surface area (Å²) in [6.45, 7) is 1.51. The number of nitrogens with one attached hydrogen (secondary N) is 1. The maximum Gasteiger partial charge on any atom is 0.253 e. The van der Waals surface area contributed by atoms with Gasteiger partial charge in [0, 0.05) is 43.5 Å². The van der Waals surface area contributed by atoms with Crippen molar-refractivity contribution in [2.24, 2.45) is 5.92 Å². The molecule has 29 heavy (non-hydrogen) atoms. The van der Waals surface area contributed by atoms with Gasteiger partial charge in [-0.1, -0.05) is 0 Å². The van der Waals surface area contributed by atoms with E-state index in [2.05, 4.69) is 4.72 Å². The minimum atomic E-state index is -3.50. The van der Waals surface area contributed by atoms with Crippen LogP contribution >= 0.6 is 0 Å². The highest BCUT2D eigenvalue weighted by Gasteiger charge is 2.42. The molecule has 1 N–H and O–H groups in total. The van der Waals surface area contributed by atoms with E-state index in [1.165, 1.54) is 0 Å². The highest BCUT2D eigenvalue weighted by atomic mass is 32.2. The van der Waals surface area contributed by atoms with E-state index in [1.54, 1.807) is 24.3 Å². The summed E-state index contributed by atoms with van der Waals surface area (Å²) < 4.78 is 58.9. The summed E-state index contributed by atoms with van der Waals surface area (Å²) in [4.78, 5) is 14.3. The first-order valence-electron chi connectivity index (χ1n) is 10.0. The maximum absolute atomic E-state index is 13.8. The number of alkyl halides is 2. The Bertz CT molecular complexity index is 808. The molecule has 0 radical (unpaired) electrons. The Morgan fingerprint density at radius 2 is 1.86 bits per heavy atom. The summed E-state index contributed by atoms with van der Waals surface area (Å²) in [5.74, 6) is -3.01. The number of hydrogen-bond donors (Lipinski definition) is 1. The summed E-state index contributed by atoms with van der Waals surface area (Å²) in [7, 11) is -3.50. The Labute approximate surface area is 170 Å². The number of carbonyl (C=O) groups excluding carboxylic acids is 1. The average Bonchev–Trinajstić information content (AvgIpc) is 2.67. The van der Waals surface area contributed by atoms with Crippen LogP contribution in [0.25, 0.3) is 0 Å². The second-order valence-corrected chi connectivity index (χ2v) is 9.82. The Balaban J connectivity index is 1.60. The molecule has 0 aromatic heterocycles. The molecule has 9 heteroatoms. The van der Waals surface area contributed by atoms with E-state index in [-0.39, 0.29) is 25.4 Å². The van der Waals surface area contributed by atoms with Crippen LogP contribution in [-0.2, 0) is 10.0 Å². The van der Waals surface area contributed by atoms with Crippen LogP contribution in [0.4, 0.5) is 8.78 Å². The average molecular weight is 431 g/mol. The molecule has 3 rings (SSSR count). The van der Waals surface area contributed by atoms with Crippen molar-refractivity contribution < 1.29 is 26.7 Å². The second-order valence-electron chi connectivity index (χ2n) is 8.04. The highest BCUT2D eigenvalue weighted by molar-refractivity contribution is 7.88. The fourth-order valence-corrected chi connectivity index (χ4v) is 4.87. The van der Waals surface area contributed by atoms with Crippen LogP contribution in [0.1, 0.15) is 48.9 Å². The molecular weight excluding hydrogens is 402 g/mol. The Hall–Kier alpha value is -1.74. The zero-order chi connectivity index (χ0) is 21.1. The lowest BCUT2D eigenvalue weighted by Crippen LogP contribution is -2.48. The number of piperidine rings is 1. The van der Waals surface area contributed by atoms with Gasteiger partial charge in [-0.3, -0.25) is 4.79 Å². The van der Waals surface area contributed by atoms with E-state index in [1.807, 2.05) is 4.90 Å². The van der Waals surface area contributed by atoms with Crippen molar-refractivity contribution >= 4 is 15.9 Å². The van der Waals surface area contributed by atoms with Gasteiger partial charge in [-0.15, -0.1) is 0 Å². The van der Waals surface area contributed by atoms with Gasteiger partial charge in [0.05, 0.1) is 12.9 Å². The van der Waals surface area contributed by atoms with Gasteiger partial charge >= 0.3 is 0 Å². The molecule has 0 spiro atoms. The molecular formula is C20H28F2N2O4S. The van der Waals surface area contributed by atoms with Gasteiger partial charge in [-0.2, -0.15) is 0 Å². The van der Waals surface area contributed by atoms with Gasteiger partial charge in [-0.05, 0) is 49.9 Å². The molecule has 6 nitrogen and oxygen atoms in total. The third kappa shape index (κ3) is 6.37. The van der Waals surface area contributed by atoms with E-state index in [4.69, 9.17) is 4.74 Å². The van der Waals surface area contributed by atoms with Crippen molar-refractivity contribution in [3.05, 3.63) is 29.8 Å². The number of likely N-dealkylation sites (tertiary alicyclic amines) is 1. The third-order valence-corrected chi connectivity index (χ3v) is 6.26. The van der Waals surface area contributed by atoms with Crippen molar-refractivity contribution in [3.63, 3.8) is 0 Å². The molecule has 0 unspecified atom stereocenters. The Morgan fingerprint density at radius 3 is 2.48 bits per heavy atom. The summed E-state index contributed by atoms with van der Waals surface area (Å²) in [6.07, 6.45) is 3.50. The van der Waals surface area contributed by atoms with Crippen molar-refractivity contribution in [2.75, 3.05) is 26.0 Å². The molecule has 1 saturated carbocycles. The monoisotopic (exact) mass is 430 g/mol. The molecule has 162 valence electrons. The predicted octanol–water partition coefficient (Wildman–Crippen LogP) is 3.04. The third-order valence-electron chi connectivity index (χ3n) is 5.53. The number of nitrogens with zero attached hydrogens (tertiary/aromatic N) is 1. The van der Waals surface area contributed by atoms with E-state index in [0.717, 1.165) is 38.6 Å². The number of hydrogen-bond acceptors (Lipinski definition) is 4. The molecule has 1 aliphatic heterocycles. The largest absolute Gasteiger partial charge is 0.493 e. The lowest BCUT2D eigenvalue weighted by atomic mass is 9.83. The van der Waals surface area contributed by atoms with Gasteiger partial charge < -0.3 is 9.64 Å². The zero-order valence-electron chi connectivity index (χ0n) is 16.6. The first-order valence-corrected chi connectivity index (χ1v) is 11.9. The van der Waals surface area contributed by atoms with Crippen molar-refractivity contribution in [1.82, 2.24) is 9.62 Å². The molecule has 1 aromatic rings. The minimum Gasteiger partial charge on any atom is -0.493 e. The fraction of sp³-hybridized carbons (Fsp3) is 0.650. The number of carbonyl (C=O) groups is 1. The van der Waals surface area contributed by atoms with E-state index in [9.17, 15) is 22.0 Å². The van der Waals surface area contributed by atoms with Gasteiger partial charge in [0.2, 0.25) is 15.9 Å². The smallest absolute Gasteiger partial charge is 0.253 e. The Kier molecular flexibility index (Phi) is 6.78. The first-order chi connectivity index (χ1) is 13.6. The highest BCUT2D eigenvalue weighted by Crippen LogP contribution is 2.37. The van der Waals surface area contributed by atoms with Crippen LogP contribution in [-0.4, -0.2) is 57.1 Å². The van der Waals surface area contributed by atoms with Crippen LogP contribution in [0, 0.1) is 5.92 Å². The topological polar surface area (TPSA) is 75.7 Å². The number of amides is 1. The number of rotatable bonds is 6.